The van der Waals surface area contributed by atoms with Crippen LogP contribution in [0.4, 0.5) is 5.69 Å². The Hall–Kier alpha value is -0.810. The molecule has 0 aliphatic heterocycles. The Kier molecular flexibility index (Phi) is 11.1. The van der Waals surface area contributed by atoms with Gasteiger partial charge in [0.25, 0.3) is 0 Å². The molecule has 0 spiro atoms. The van der Waals surface area contributed by atoms with Gasteiger partial charge in [-0.15, -0.1) is 0 Å². The number of benzene rings is 1. The highest BCUT2D eigenvalue weighted by molar-refractivity contribution is 8.55. The lowest BCUT2D eigenvalue weighted by atomic mass is 10.3. The number of nitrogens with zero attached hydrogens (tertiary/aromatic N) is 3. The van der Waals surface area contributed by atoms with Crippen molar-refractivity contribution in [2.24, 2.45) is 4.99 Å². The number of likely N-dealkylation sites (N-methyl/N-ethyl adjacent to an activating group) is 1. The van der Waals surface area contributed by atoms with Crippen molar-refractivity contribution in [3.8, 4) is 0 Å². The molecule has 5 nitrogen and oxygen atoms in total. The van der Waals surface area contributed by atoms with Crippen molar-refractivity contribution in [3.63, 3.8) is 0 Å². The maximum absolute atomic E-state index is 13.4. The largest absolute Gasteiger partial charge is 0.354 e. The first-order valence-corrected chi connectivity index (χ1v) is 12.2. The summed E-state index contributed by atoms with van der Waals surface area (Å²) in [5, 5.41) is 0. The van der Waals surface area contributed by atoms with Gasteiger partial charge in [-0.3, -0.25) is 9.24 Å². The van der Waals surface area contributed by atoms with Crippen molar-refractivity contribution in [1.82, 2.24) is 9.57 Å². The SMILES string of the molecule is CCCSP(=O)(OCC)N(C=Nc1ccccc1)CCN(CC)CC. The Balaban J connectivity index is 2.98. The van der Waals surface area contributed by atoms with Gasteiger partial charge in [-0.2, -0.15) is 0 Å². The van der Waals surface area contributed by atoms with Crippen molar-refractivity contribution in [2.75, 3.05) is 38.5 Å². The van der Waals surface area contributed by atoms with Gasteiger partial charge in [0.15, 0.2) is 0 Å². The molecule has 0 amide bonds. The Labute approximate surface area is 157 Å². The van der Waals surface area contributed by atoms with E-state index < -0.39 is 6.72 Å². The third-order valence-corrected chi connectivity index (χ3v) is 8.61. The van der Waals surface area contributed by atoms with Crippen molar-refractivity contribution in [3.05, 3.63) is 30.3 Å². The predicted molar refractivity (Wildman–Crippen MR) is 111 cm³/mol. The number of hydrogen-bond acceptors (Lipinski definition) is 5. The summed E-state index contributed by atoms with van der Waals surface area (Å²) in [5.41, 5.74) is 0.846. The van der Waals surface area contributed by atoms with E-state index in [1.54, 1.807) is 6.34 Å². The molecule has 0 fully saturated rings. The third-order valence-electron chi connectivity index (χ3n) is 3.70. The topological polar surface area (TPSA) is 45.1 Å². The van der Waals surface area contributed by atoms with Crippen LogP contribution >= 0.6 is 18.1 Å². The average Bonchev–Trinajstić information content (AvgIpc) is 2.64. The highest BCUT2D eigenvalue weighted by Gasteiger charge is 2.30. The number of aliphatic imine (C=N–C) groups is 1. The zero-order valence-electron chi connectivity index (χ0n) is 15.9. The van der Waals surface area contributed by atoms with Gasteiger partial charge in [-0.1, -0.05) is 39.0 Å². The first-order valence-electron chi connectivity index (χ1n) is 9.07. The van der Waals surface area contributed by atoms with Crippen molar-refractivity contribution in [2.45, 2.75) is 34.1 Å². The second-order valence-corrected chi connectivity index (χ2v) is 10.0. The van der Waals surface area contributed by atoms with Crippen LogP contribution in [0.2, 0.25) is 0 Å². The molecular weight excluding hydrogens is 353 g/mol. The number of para-hydroxylation sites is 1. The van der Waals surface area contributed by atoms with Gasteiger partial charge in [0.1, 0.15) is 0 Å². The van der Waals surface area contributed by atoms with E-state index in [9.17, 15) is 4.57 Å². The summed E-state index contributed by atoms with van der Waals surface area (Å²) >= 11 is 1.41. The van der Waals surface area contributed by atoms with E-state index in [4.69, 9.17) is 4.52 Å². The first-order chi connectivity index (χ1) is 12.1. The molecule has 1 atom stereocenters. The molecule has 1 aromatic rings. The minimum absolute atomic E-state index is 0.426. The average molecular weight is 386 g/mol. The number of hydrogen-bond donors (Lipinski definition) is 0. The Morgan fingerprint density at radius 3 is 2.36 bits per heavy atom. The van der Waals surface area contributed by atoms with Gasteiger partial charge in [0.05, 0.1) is 18.6 Å². The van der Waals surface area contributed by atoms with Crippen LogP contribution in [0.25, 0.3) is 0 Å². The van der Waals surface area contributed by atoms with Gasteiger partial charge in [0, 0.05) is 18.8 Å². The predicted octanol–water partition coefficient (Wildman–Crippen LogP) is 5.28. The summed E-state index contributed by atoms with van der Waals surface area (Å²) in [7, 11) is 0. The molecule has 0 saturated carbocycles. The summed E-state index contributed by atoms with van der Waals surface area (Å²) < 4.78 is 21.0. The normalized spacial score (nSPS) is 14.1. The Morgan fingerprint density at radius 2 is 1.80 bits per heavy atom. The molecular formula is C18H32N3O2PS. The van der Waals surface area contributed by atoms with E-state index >= 15 is 0 Å². The summed E-state index contributed by atoms with van der Waals surface area (Å²) in [4.78, 5) is 6.82. The van der Waals surface area contributed by atoms with Crippen LogP contribution in [0.3, 0.4) is 0 Å². The second-order valence-electron chi connectivity index (χ2n) is 5.49. The van der Waals surface area contributed by atoms with Crippen LogP contribution in [-0.2, 0) is 9.09 Å². The highest BCUT2D eigenvalue weighted by Crippen LogP contribution is 2.62. The molecule has 0 aromatic heterocycles. The molecule has 0 N–H and O–H groups in total. The van der Waals surface area contributed by atoms with E-state index in [0.29, 0.717) is 13.2 Å². The molecule has 0 bridgehead atoms. The second kappa shape index (κ2) is 12.5. The molecule has 1 unspecified atom stereocenters. The van der Waals surface area contributed by atoms with Crippen LogP contribution in [0, 0.1) is 0 Å². The zero-order chi connectivity index (χ0) is 18.5. The lowest BCUT2D eigenvalue weighted by Crippen LogP contribution is -2.33. The van der Waals surface area contributed by atoms with Crippen LogP contribution in [0.15, 0.2) is 35.3 Å². The molecule has 0 heterocycles. The highest BCUT2D eigenvalue weighted by atomic mass is 32.7. The quantitative estimate of drug-likeness (QED) is 0.263. The first kappa shape index (κ1) is 22.2. The molecule has 25 heavy (non-hydrogen) atoms. The van der Waals surface area contributed by atoms with Gasteiger partial charge < -0.3 is 9.42 Å². The molecule has 142 valence electrons. The third kappa shape index (κ3) is 7.95. The van der Waals surface area contributed by atoms with Crippen molar-refractivity contribution >= 4 is 30.1 Å². The summed E-state index contributed by atoms with van der Waals surface area (Å²) in [6.07, 6.45) is 2.65. The van der Waals surface area contributed by atoms with Crippen LogP contribution < -0.4 is 0 Å². The minimum Gasteiger partial charge on any atom is -0.306 e. The zero-order valence-corrected chi connectivity index (χ0v) is 17.6. The van der Waals surface area contributed by atoms with Crippen molar-refractivity contribution < 1.29 is 9.09 Å². The minimum atomic E-state index is -2.99. The van der Waals surface area contributed by atoms with Gasteiger partial charge >= 0.3 is 6.72 Å². The van der Waals surface area contributed by atoms with E-state index in [0.717, 1.165) is 37.5 Å². The van der Waals surface area contributed by atoms with E-state index in [1.165, 1.54) is 11.4 Å². The molecule has 0 radical (unpaired) electrons. The summed E-state index contributed by atoms with van der Waals surface area (Å²) in [5.74, 6) is 0.804. The lowest BCUT2D eigenvalue weighted by molar-refractivity contribution is 0.276. The molecule has 0 aliphatic carbocycles. The lowest BCUT2D eigenvalue weighted by Gasteiger charge is -2.30. The maximum atomic E-state index is 13.4. The van der Waals surface area contributed by atoms with Gasteiger partial charge in [-0.05, 0) is 49.9 Å². The van der Waals surface area contributed by atoms with Gasteiger partial charge in [-0.25, -0.2) is 4.99 Å². The molecule has 0 saturated heterocycles. The van der Waals surface area contributed by atoms with Crippen molar-refractivity contribution in [1.29, 1.82) is 0 Å². The van der Waals surface area contributed by atoms with Crippen LogP contribution in [0.5, 0.6) is 0 Å². The molecule has 1 aromatic carbocycles. The summed E-state index contributed by atoms with van der Waals surface area (Å²) in [6, 6.07) is 9.72. The van der Waals surface area contributed by atoms with E-state index in [2.05, 4.69) is 30.7 Å². The molecule has 1 rings (SSSR count). The fraction of sp³-hybridized carbons (Fsp3) is 0.611. The number of rotatable bonds is 13. The Bertz CT molecular complexity index is 538. The fourth-order valence-corrected chi connectivity index (χ4v) is 6.45. The molecule has 7 heteroatoms. The van der Waals surface area contributed by atoms with Crippen LogP contribution in [0.1, 0.15) is 34.1 Å². The Morgan fingerprint density at radius 1 is 1.12 bits per heavy atom. The monoisotopic (exact) mass is 385 g/mol. The van der Waals surface area contributed by atoms with Gasteiger partial charge in [0.2, 0.25) is 0 Å². The smallest absolute Gasteiger partial charge is 0.306 e. The maximum Gasteiger partial charge on any atom is 0.354 e. The van der Waals surface area contributed by atoms with Crippen LogP contribution in [-0.4, -0.2) is 54.4 Å². The van der Waals surface area contributed by atoms with E-state index in [-0.39, 0.29) is 0 Å². The summed E-state index contributed by atoms with van der Waals surface area (Å²) in [6.45, 7) is 9.10. The van der Waals surface area contributed by atoms with E-state index in [1.807, 2.05) is 41.9 Å². The standard InChI is InChI=1S/C18H32N3O2PS/c1-5-16-25-24(22,23-8-4)21(15-14-20(6-2)7-3)17-19-18-12-10-9-11-13-18/h9-13,17H,5-8,14-16H2,1-4H3. The molecule has 0 aliphatic rings. The fourth-order valence-electron chi connectivity index (χ4n) is 2.23.